The standard InChI is InChI=1S/C17H16N4O4.ClH/c1-22-14-4-3-10(5-12(14)18)13-8-19-20-21(13)11-6-15(23-2)17-16(7-11)24-9-25-17;/h3-8H,9,18H2,1-2H3;1H. The summed E-state index contributed by atoms with van der Waals surface area (Å²) in [4.78, 5) is 0. The largest absolute Gasteiger partial charge is 1.00 e. The second kappa shape index (κ2) is 7.01. The average molecular weight is 377 g/mol. The Kier molecular flexibility index (Phi) is 4.77. The van der Waals surface area contributed by atoms with Crippen molar-refractivity contribution in [1.82, 2.24) is 10.3 Å². The van der Waals surface area contributed by atoms with Gasteiger partial charge < -0.3 is 37.1 Å². The second-order valence-electron chi connectivity index (χ2n) is 5.42. The van der Waals surface area contributed by atoms with Crippen LogP contribution in [0.4, 0.5) is 5.69 Å². The second-order valence-corrected chi connectivity index (χ2v) is 5.42. The van der Waals surface area contributed by atoms with E-state index in [9.17, 15) is 0 Å². The van der Waals surface area contributed by atoms with Crippen LogP contribution in [0.3, 0.4) is 0 Å². The molecule has 0 fully saturated rings. The molecule has 1 aromatic heterocycles. The molecule has 0 saturated heterocycles. The van der Waals surface area contributed by atoms with E-state index in [-0.39, 0.29) is 19.2 Å². The first-order chi connectivity index (χ1) is 12.2. The van der Waals surface area contributed by atoms with Crippen molar-refractivity contribution < 1.29 is 36.0 Å². The third-order valence-corrected chi connectivity index (χ3v) is 4.01. The number of anilines is 1. The van der Waals surface area contributed by atoms with E-state index in [1.54, 1.807) is 20.4 Å². The molecule has 9 heteroatoms. The van der Waals surface area contributed by atoms with E-state index in [0.717, 1.165) is 16.9 Å². The highest BCUT2D eigenvalue weighted by Gasteiger charge is 2.25. The molecule has 0 aliphatic carbocycles. The van der Waals surface area contributed by atoms with Gasteiger partial charge in [0, 0.05) is 22.8 Å². The van der Waals surface area contributed by atoms with Gasteiger partial charge in [-0.2, -0.15) is 0 Å². The Bertz CT molecular complexity index is 945. The normalized spacial score (nSPS) is 11.8. The summed E-state index contributed by atoms with van der Waals surface area (Å²) < 4.78 is 23.3. The van der Waals surface area contributed by atoms with Crippen molar-refractivity contribution >= 4 is 5.69 Å². The number of halogens is 1. The number of aromatic amines is 1. The summed E-state index contributed by atoms with van der Waals surface area (Å²) in [7, 11) is 3.17. The van der Waals surface area contributed by atoms with Gasteiger partial charge in [0.15, 0.2) is 17.2 Å². The Morgan fingerprint density at radius 2 is 1.92 bits per heavy atom. The molecular weight excluding hydrogens is 360 g/mol. The monoisotopic (exact) mass is 376 g/mol. The summed E-state index contributed by atoms with van der Waals surface area (Å²) in [5.41, 5.74) is 9.09. The summed E-state index contributed by atoms with van der Waals surface area (Å²) in [5.74, 6) is 2.44. The molecule has 2 heterocycles. The van der Waals surface area contributed by atoms with Gasteiger partial charge in [-0.15, -0.1) is 4.68 Å². The maximum absolute atomic E-state index is 6.02. The van der Waals surface area contributed by atoms with E-state index in [1.165, 1.54) is 0 Å². The number of nitrogens with zero attached hydrogens (tertiary/aromatic N) is 2. The van der Waals surface area contributed by atoms with Gasteiger partial charge in [0.25, 0.3) is 0 Å². The highest BCUT2D eigenvalue weighted by Crippen LogP contribution is 2.42. The maximum atomic E-state index is 6.02. The van der Waals surface area contributed by atoms with E-state index >= 15 is 0 Å². The number of rotatable bonds is 4. The van der Waals surface area contributed by atoms with Gasteiger partial charge >= 0.3 is 0 Å². The van der Waals surface area contributed by atoms with E-state index < -0.39 is 0 Å². The third-order valence-electron chi connectivity index (χ3n) is 4.01. The summed E-state index contributed by atoms with van der Waals surface area (Å²) in [5, 5.41) is 7.10. The number of benzene rings is 2. The quantitative estimate of drug-likeness (QED) is 0.433. The van der Waals surface area contributed by atoms with Gasteiger partial charge in [-0.05, 0) is 18.2 Å². The number of nitrogens with one attached hydrogen (secondary N) is 1. The SMILES string of the molecule is COc1ccc(-c2cn[nH][n+]2-c2cc(OC)c3c(c2)OCO3)cc1N.[Cl-]. The number of H-pyrrole nitrogens is 1. The van der Waals surface area contributed by atoms with E-state index in [0.29, 0.717) is 28.7 Å². The number of nitrogens with two attached hydrogens (primary N) is 1. The number of methoxy groups -OCH3 is 2. The molecule has 3 aromatic rings. The molecule has 0 spiro atoms. The lowest BCUT2D eigenvalue weighted by atomic mass is 10.1. The molecule has 0 atom stereocenters. The molecule has 4 rings (SSSR count). The van der Waals surface area contributed by atoms with Crippen molar-refractivity contribution in [2.75, 3.05) is 26.7 Å². The lowest BCUT2D eigenvalue weighted by Crippen LogP contribution is -3.00. The van der Waals surface area contributed by atoms with E-state index in [4.69, 9.17) is 24.7 Å². The van der Waals surface area contributed by atoms with Crippen LogP contribution < -0.4 is 41.8 Å². The Hall–Kier alpha value is -3.13. The summed E-state index contributed by atoms with van der Waals surface area (Å²) in [6.07, 6.45) is 1.72. The fourth-order valence-corrected chi connectivity index (χ4v) is 2.80. The highest BCUT2D eigenvalue weighted by molar-refractivity contribution is 5.67. The molecule has 0 unspecified atom stereocenters. The first-order valence-electron chi connectivity index (χ1n) is 7.58. The first kappa shape index (κ1) is 17.7. The van der Waals surface area contributed by atoms with Gasteiger partial charge in [-0.3, -0.25) is 0 Å². The number of nitrogen functional groups attached to an aromatic ring is 1. The molecule has 0 bridgehead atoms. The number of ether oxygens (including phenoxy) is 4. The van der Waals surface area contributed by atoms with Crippen molar-refractivity contribution in [3.05, 3.63) is 36.5 Å². The molecule has 26 heavy (non-hydrogen) atoms. The molecule has 0 saturated carbocycles. The zero-order chi connectivity index (χ0) is 17.4. The molecule has 1 aliphatic heterocycles. The molecule has 1 aliphatic rings. The predicted molar refractivity (Wildman–Crippen MR) is 89.2 cm³/mol. The Morgan fingerprint density at radius 3 is 2.65 bits per heavy atom. The van der Waals surface area contributed by atoms with Crippen molar-refractivity contribution in [3.63, 3.8) is 0 Å². The summed E-state index contributed by atoms with van der Waals surface area (Å²) >= 11 is 0. The van der Waals surface area contributed by atoms with Gasteiger partial charge in [-0.1, -0.05) is 5.21 Å². The molecule has 8 nitrogen and oxygen atoms in total. The maximum Gasteiger partial charge on any atom is 0.231 e. The van der Waals surface area contributed by atoms with Crippen LogP contribution in [0, 0.1) is 0 Å². The minimum absolute atomic E-state index is 0. The van der Waals surface area contributed by atoms with Crippen LogP contribution in [0.25, 0.3) is 16.9 Å². The van der Waals surface area contributed by atoms with Crippen LogP contribution >= 0.6 is 0 Å². The van der Waals surface area contributed by atoms with E-state index in [2.05, 4.69) is 10.3 Å². The lowest BCUT2D eigenvalue weighted by Gasteiger charge is -2.08. The van der Waals surface area contributed by atoms with Crippen LogP contribution in [0.2, 0.25) is 0 Å². The number of fused-ring (bicyclic) bond motifs is 1. The molecule has 136 valence electrons. The minimum Gasteiger partial charge on any atom is -1.00 e. The van der Waals surface area contributed by atoms with Crippen LogP contribution in [0.5, 0.6) is 23.0 Å². The summed E-state index contributed by atoms with van der Waals surface area (Å²) in [6, 6.07) is 9.29. The lowest BCUT2D eigenvalue weighted by molar-refractivity contribution is -0.648. The Balaban J connectivity index is 0.00000196. The van der Waals surface area contributed by atoms with Crippen LogP contribution in [-0.2, 0) is 0 Å². The van der Waals surface area contributed by atoms with Crippen LogP contribution in [-0.4, -0.2) is 31.3 Å². The van der Waals surface area contributed by atoms with Crippen molar-refractivity contribution in [2.45, 2.75) is 0 Å². The Morgan fingerprint density at radius 1 is 1.12 bits per heavy atom. The zero-order valence-corrected chi connectivity index (χ0v) is 14.9. The fraction of sp³-hybridized carbons (Fsp3) is 0.176. The van der Waals surface area contributed by atoms with Gasteiger partial charge in [-0.25, -0.2) is 0 Å². The molecule has 2 aromatic carbocycles. The molecule has 0 radical (unpaired) electrons. The fourth-order valence-electron chi connectivity index (χ4n) is 2.80. The topological polar surface area (TPSA) is 95.5 Å². The Labute approximate surface area is 155 Å². The highest BCUT2D eigenvalue weighted by atomic mass is 35.5. The molecule has 3 N–H and O–H groups in total. The van der Waals surface area contributed by atoms with Crippen LogP contribution in [0.15, 0.2) is 36.5 Å². The first-order valence-corrected chi connectivity index (χ1v) is 7.58. The number of hydrogen-bond acceptors (Lipinski definition) is 6. The molecule has 0 amide bonds. The van der Waals surface area contributed by atoms with Gasteiger partial charge in [0.2, 0.25) is 24.4 Å². The van der Waals surface area contributed by atoms with Crippen molar-refractivity contribution in [3.8, 4) is 39.9 Å². The average Bonchev–Trinajstić information content (AvgIpc) is 3.29. The van der Waals surface area contributed by atoms with Crippen LogP contribution in [0.1, 0.15) is 0 Å². The van der Waals surface area contributed by atoms with Crippen molar-refractivity contribution in [2.24, 2.45) is 0 Å². The molecular formula is C17H17ClN4O4. The smallest absolute Gasteiger partial charge is 0.231 e. The third kappa shape index (κ3) is 2.84. The number of aromatic nitrogens is 3. The number of hydrogen-bond donors (Lipinski definition) is 2. The zero-order valence-electron chi connectivity index (χ0n) is 14.2. The van der Waals surface area contributed by atoms with Gasteiger partial charge in [0.1, 0.15) is 5.75 Å². The van der Waals surface area contributed by atoms with Crippen molar-refractivity contribution in [1.29, 1.82) is 0 Å². The van der Waals surface area contributed by atoms with Gasteiger partial charge in [0.05, 0.1) is 19.9 Å². The minimum atomic E-state index is 0. The summed E-state index contributed by atoms with van der Waals surface area (Å²) in [6.45, 7) is 0.171. The van der Waals surface area contributed by atoms with E-state index in [1.807, 2.05) is 35.0 Å². The predicted octanol–water partition coefficient (Wildman–Crippen LogP) is -1.31.